The molecule has 0 atom stereocenters. The first kappa shape index (κ1) is 11.7. The lowest BCUT2D eigenvalue weighted by Gasteiger charge is -2.00. The topological polar surface area (TPSA) is 69.6 Å². The van der Waals surface area contributed by atoms with E-state index >= 15 is 0 Å². The molecule has 0 bridgehead atoms. The molecule has 1 fully saturated rings. The van der Waals surface area contributed by atoms with Crippen molar-refractivity contribution >= 4 is 33.9 Å². The number of hydrogen-bond donors (Lipinski definition) is 2. The van der Waals surface area contributed by atoms with Crippen LogP contribution in [0.4, 0.5) is 4.79 Å². The van der Waals surface area contributed by atoms with Crippen molar-refractivity contribution in [3.63, 3.8) is 0 Å². The summed E-state index contributed by atoms with van der Waals surface area (Å²) in [6.07, 6.45) is 1.55. The molecule has 1 aromatic rings. The number of benzene rings is 1. The third-order valence-corrected chi connectivity index (χ3v) is 3.00. The SMILES string of the molecule is CN1C(=O)N/C(=C/c2ccc(O)c(Br)c2)C1=O. The Morgan fingerprint density at radius 3 is 2.65 bits per heavy atom. The average molecular weight is 297 g/mol. The molecule has 1 aliphatic rings. The van der Waals surface area contributed by atoms with Crippen LogP contribution in [0.3, 0.4) is 0 Å². The molecule has 1 aromatic carbocycles. The molecule has 1 heterocycles. The number of nitrogens with one attached hydrogen (secondary N) is 1. The van der Waals surface area contributed by atoms with Gasteiger partial charge in [-0.1, -0.05) is 6.07 Å². The highest BCUT2D eigenvalue weighted by atomic mass is 79.9. The molecule has 1 aliphatic heterocycles. The summed E-state index contributed by atoms with van der Waals surface area (Å²) < 4.78 is 0.525. The largest absolute Gasteiger partial charge is 0.507 e. The molecule has 6 heteroatoms. The van der Waals surface area contributed by atoms with E-state index in [1.165, 1.54) is 13.1 Å². The highest BCUT2D eigenvalue weighted by molar-refractivity contribution is 9.10. The van der Waals surface area contributed by atoms with Gasteiger partial charge in [-0.15, -0.1) is 0 Å². The maximum atomic E-state index is 11.6. The van der Waals surface area contributed by atoms with E-state index in [2.05, 4.69) is 21.2 Å². The molecule has 3 amide bonds. The summed E-state index contributed by atoms with van der Waals surface area (Å²) >= 11 is 3.17. The zero-order chi connectivity index (χ0) is 12.6. The second kappa shape index (κ2) is 4.21. The molecule has 0 aromatic heterocycles. The lowest BCUT2D eigenvalue weighted by molar-refractivity contribution is -0.121. The van der Waals surface area contributed by atoms with Crippen LogP contribution in [0, 0.1) is 0 Å². The molecule has 0 saturated carbocycles. The smallest absolute Gasteiger partial charge is 0.328 e. The van der Waals surface area contributed by atoms with E-state index in [-0.39, 0.29) is 17.4 Å². The second-order valence-corrected chi connectivity index (χ2v) is 4.42. The number of likely N-dealkylation sites (N-methyl/N-ethyl adjacent to an activating group) is 1. The molecule has 5 nitrogen and oxygen atoms in total. The highest BCUT2D eigenvalue weighted by Crippen LogP contribution is 2.25. The van der Waals surface area contributed by atoms with Crippen molar-refractivity contribution in [1.29, 1.82) is 0 Å². The third kappa shape index (κ3) is 2.16. The normalized spacial score (nSPS) is 17.8. The van der Waals surface area contributed by atoms with Crippen molar-refractivity contribution < 1.29 is 14.7 Å². The van der Waals surface area contributed by atoms with Crippen LogP contribution in [0.15, 0.2) is 28.4 Å². The fourth-order valence-corrected chi connectivity index (χ4v) is 1.80. The zero-order valence-electron chi connectivity index (χ0n) is 8.90. The van der Waals surface area contributed by atoms with Crippen molar-refractivity contribution in [2.24, 2.45) is 0 Å². The standard InChI is InChI=1S/C11H9BrN2O3/c1-14-10(16)8(13-11(14)17)5-6-2-3-9(15)7(12)4-6/h2-5,15H,1H3,(H,13,17)/b8-5+. The molecule has 17 heavy (non-hydrogen) atoms. The van der Waals surface area contributed by atoms with Gasteiger partial charge in [0.25, 0.3) is 5.91 Å². The van der Waals surface area contributed by atoms with Crippen molar-refractivity contribution in [3.8, 4) is 5.75 Å². The Labute approximate surface area is 106 Å². The second-order valence-electron chi connectivity index (χ2n) is 3.56. The van der Waals surface area contributed by atoms with Crippen LogP contribution in [-0.4, -0.2) is 29.0 Å². The molecule has 1 saturated heterocycles. The monoisotopic (exact) mass is 296 g/mol. The predicted octanol–water partition coefficient (Wildman–Crippen LogP) is 1.68. The Bertz CT molecular complexity index is 540. The van der Waals surface area contributed by atoms with Crippen LogP contribution in [0.2, 0.25) is 0 Å². The number of nitrogens with zero attached hydrogens (tertiary/aromatic N) is 1. The minimum absolute atomic E-state index is 0.117. The number of amides is 3. The van der Waals surface area contributed by atoms with Gasteiger partial charge in [0.15, 0.2) is 0 Å². The van der Waals surface area contributed by atoms with Crippen molar-refractivity contribution in [2.45, 2.75) is 0 Å². The van der Waals surface area contributed by atoms with Crippen LogP contribution >= 0.6 is 15.9 Å². The van der Waals surface area contributed by atoms with Crippen molar-refractivity contribution in [2.75, 3.05) is 7.05 Å². The Balaban J connectivity index is 2.34. The van der Waals surface area contributed by atoms with Crippen LogP contribution < -0.4 is 5.32 Å². The van der Waals surface area contributed by atoms with Crippen molar-refractivity contribution in [3.05, 3.63) is 33.9 Å². The number of hydrogen-bond acceptors (Lipinski definition) is 3. The number of phenols is 1. The number of phenolic OH excluding ortho intramolecular Hbond substituents is 1. The first-order valence-corrected chi connectivity index (χ1v) is 5.57. The quantitative estimate of drug-likeness (QED) is 0.612. The molecule has 0 unspecified atom stereocenters. The Kier molecular flexibility index (Phi) is 2.89. The molecule has 0 radical (unpaired) electrons. The molecule has 0 spiro atoms. The van der Waals surface area contributed by atoms with E-state index < -0.39 is 6.03 Å². The highest BCUT2D eigenvalue weighted by Gasteiger charge is 2.29. The minimum Gasteiger partial charge on any atom is -0.507 e. The number of urea groups is 1. The molecular formula is C11H9BrN2O3. The number of halogens is 1. The molecule has 2 N–H and O–H groups in total. The summed E-state index contributed by atoms with van der Waals surface area (Å²) in [6, 6.07) is 4.35. The van der Waals surface area contributed by atoms with Gasteiger partial charge in [0.1, 0.15) is 11.4 Å². The van der Waals surface area contributed by atoms with Gasteiger partial charge in [0.05, 0.1) is 4.47 Å². The number of carbonyl (C=O) groups is 2. The summed E-state index contributed by atoms with van der Waals surface area (Å²) in [5, 5.41) is 11.8. The van der Waals surface area contributed by atoms with Crippen LogP contribution in [0.25, 0.3) is 6.08 Å². The summed E-state index contributed by atoms with van der Waals surface area (Å²) in [6.45, 7) is 0. The minimum atomic E-state index is -0.445. The van der Waals surface area contributed by atoms with E-state index in [4.69, 9.17) is 0 Å². The van der Waals surface area contributed by atoms with Gasteiger partial charge in [-0.25, -0.2) is 4.79 Å². The van der Waals surface area contributed by atoms with Gasteiger partial charge >= 0.3 is 6.03 Å². The third-order valence-electron chi connectivity index (χ3n) is 2.36. The molecular weight excluding hydrogens is 288 g/mol. The fraction of sp³-hybridized carbons (Fsp3) is 0.0909. The zero-order valence-corrected chi connectivity index (χ0v) is 10.5. The Morgan fingerprint density at radius 2 is 2.12 bits per heavy atom. The Morgan fingerprint density at radius 1 is 1.41 bits per heavy atom. The van der Waals surface area contributed by atoms with Crippen LogP contribution in [0.5, 0.6) is 5.75 Å². The summed E-state index contributed by atoms with van der Waals surface area (Å²) in [7, 11) is 1.41. The van der Waals surface area contributed by atoms with Gasteiger partial charge in [0.2, 0.25) is 0 Å². The average Bonchev–Trinajstić information content (AvgIpc) is 2.52. The fourth-order valence-electron chi connectivity index (χ4n) is 1.40. The first-order chi connectivity index (χ1) is 7.99. The van der Waals surface area contributed by atoms with Crippen LogP contribution in [-0.2, 0) is 4.79 Å². The van der Waals surface area contributed by atoms with E-state index in [1.807, 2.05) is 0 Å². The number of rotatable bonds is 1. The maximum absolute atomic E-state index is 11.6. The lowest BCUT2D eigenvalue weighted by Crippen LogP contribution is -2.25. The van der Waals surface area contributed by atoms with Crippen LogP contribution in [0.1, 0.15) is 5.56 Å². The van der Waals surface area contributed by atoms with Gasteiger partial charge in [-0.05, 0) is 39.7 Å². The summed E-state index contributed by atoms with van der Waals surface area (Å²) in [5.74, 6) is -0.259. The molecule has 0 aliphatic carbocycles. The van der Waals surface area contributed by atoms with Gasteiger partial charge in [-0.3, -0.25) is 9.69 Å². The van der Waals surface area contributed by atoms with E-state index in [1.54, 1.807) is 18.2 Å². The van der Waals surface area contributed by atoms with E-state index in [9.17, 15) is 14.7 Å². The summed E-state index contributed by atoms with van der Waals surface area (Å²) in [5.41, 5.74) is 0.920. The van der Waals surface area contributed by atoms with Gasteiger partial charge in [-0.2, -0.15) is 0 Å². The lowest BCUT2D eigenvalue weighted by atomic mass is 10.2. The van der Waals surface area contributed by atoms with E-state index in [0.29, 0.717) is 10.0 Å². The number of imide groups is 1. The van der Waals surface area contributed by atoms with Gasteiger partial charge < -0.3 is 10.4 Å². The number of aromatic hydroxyl groups is 1. The molecule has 88 valence electrons. The Hall–Kier alpha value is -1.82. The summed E-state index contributed by atoms with van der Waals surface area (Å²) in [4.78, 5) is 23.8. The van der Waals surface area contributed by atoms with Gasteiger partial charge in [0, 0.05) is 7.05 Å². The van der Waals surface area contributed by atoms with E-state index in [0.717, 1.165) is 4.90 Å². The predicted molar refractivity (Wildman–Crippen MR) is 65.1 cm³/mol. The first-order valence-electron chi connectivity index (χ1n) is 4.78. The number of carbonyl (C=O) groups excluding carboxylic acids is 2. The maximum Gasteiger partial charge on any atom is 0.328 e. The molecule has 2 rings (SSSR count). The van der Waals surface area contributed by atoms with Crippen molar-refractivity contribution in [1.82, 2.24) is 10.2 Å².